The molecule has 0 aromatic heterocycles. The highest BCUT2D eigenvalue weighted by Crippen LogP contribution is 2.25. The van der Waals surface area contributed by atoms with Crippen LogP contribution >= 0.6 is 11.6 Å². The summed E-state index contributed by atoms with van der Waals surface area (Å²) in [6.45, 7) is 6.43. The maximum Gasteiger partial charge on any atom is 0.0453 e. The summed E-state index contributed by atoms with van der Waals surface area (Å²) in [5.41, 5.74) is 3.72. The lowest BCUT2D eigenvalue weighted by molar-refractivity contribution is 0.495. The largest absolute Gasteiger partial charge is 0.304 e. The molecule has 0 saturated heterocycles. The molecule has 2 heteroatoms. The van der Waals surface area contributed by atoms with Crippen LogP contribution in [-0.4, -0.2) is 0 Å². The minimum absolute atomic E-state index is 0.227. The van der Waals surface area contributed by atoms with Crippen molar-refractivity contribution in [1.29, 1.82) is 0 Å². The van der Waals surface area contributed by atoms with Gasteiger partial charge in [-0.2, -0.15) is 0 Å². The van der Waals surface area contributed by atoms with Crippen LogP contribution in [0, 0.1) is 6.92 Å². The van der Waals surface area contributed by atoms with Gasteiger partial charge in [-0.3, -0.25) is 0 Å². The Kier molecular flexibility index (Phi) is 4.62. The standard InChI is InChI=1S/C17H20ClN/c1-12-8-10-15(11-9-12)13(2)19-14(3)16-6-4-5-7-17(16)18/h4-11,13-14,19H,1-3H3/t13?,14-/m1/s1. The molecule has 1 unspecified atom stereocenters. The minimum Gasteiger partial charge on any atom is -0.304 e. The van der Waals surface area contributed by atoms with Crippen molar-refractivity contribution in [3.63, 3.8) is 0 Å². The topological polar surface area (TPSA) is 12.0 Å². The van der Waals surface area contributed by atoms with E-state index in [0.717, 1.165) is 10.6 Å². The second kappa shape index (κ2) is 6.23. The van der Waals surface area contributed by atoms with Gasteiger partial charge < -0.3 is 5.32 Å². The summed E-state index contributed by atoms with van der Waals surface area (Å²) >= 11 is 6.23. The van der Waals surface area contributed by atoms with Crippen LogP contribution in [0.3, 0.4) is 0 Å². The molecule has 0 heterocycles. The van der Waals surface area contributed by atoms with Crippen LogP contribution in [-0.2, 0) is 0 Å². The third-order valence-electron chi connectivity index (χ3n) is 3.45. The Balaban J connectivity index is 2.08. The molecule has 0 bridgehead atoms. The zero-order valence-corrected chi connectivity index (χ0v) is 12.4. The number of halogens is 1. The molecular weight excluding hydrogens is 254 g/mol. The van der Waals surface area contributed by atoms with Gasteiger partial charge in [0, 0.05) is 17.1 Å². The van der Waals surface area contributed by atoms with Crippen LogP contribution in [0.5, 0.6) is 0 Å². The molecule has 1 N–H and O–H groups in total. The summed E-state index contributed by atoms with van der Waals surface area (Å²) in [5.74, 6) is 0. The van der Waals surface area contributed by atoms with Crippen molar-refractivity contribution in [3.05, 3.63) is 70.2 Å². The zero-order valence-electron chi connectivity index (χ0n) is 11.7. The predicted octanol–water partition coefficient (Wildman–Crippen LogP) is 5.06. The molecule has 100 valence electrons. The van der Waals surface area contributed by atoms with Gasteiger partial charge in [0.15, 0.2) is 0 Å². The van der Waals surface area contributed by atoms with Gasteiger partial charge in [0.1, 0.15) is 0 Å². The van der Waals surface area contributed by atoms with E-state index in [0.29, 0.717) is 6.04 Å². The van der Waals surface area contributed by atoms with Gasteiger partial charge in [0.05, 0.1) is 0 Å². The van der Waals surface area contributed by atoms with Crippen molar-refractivity contribution in [2.45, 2.75) is 32.9 Å². The van der Waals surface area contributed by atoms with E-state index in [9.17, 15) is 0 Å². The number of aryl methyl sites for hydroxylation is 1. The second-order valence-electron chi connectivity index (χ2n) is 5.04. The van der Waals surface area contributed by atoms with E-state index in [4.69, 9.17) is 11.6 Å². The average molecular weight is 274 g/mol. The van der Waals surface area contributed by atoms with Gasteiger partial charge in [-0.25, -0.2) is 0 Å². The molecular formula is C17H20ClN. The van der Waals surface area contributed by atoms with E-state index < -0.39 is 0 Å². The number of rotatable bonds is 4. The summed E-state index contributed by atoms with van der Waals surface area (Å²) < 4.78 is 0. The van der Waals surface area contributed by atoms with Gasteiger partial charge in [-0.1, -0.05) is 59.6 Å². The predicted molar refractivity (Wildman–Crippen MR) is 82.6 cm³/mol. The molecule has 2 aromatic rings. The second-order valence-corrected chi connectivity index (χ2v) is 5.45. The average Bonchev–Trinajstić information content (AvgIpc) is 2.39. The van der Waals surface area contributed by atoms with Gasteiger partial charge in [0.25, 0.3) is 0 Å². The van der Waals surface area contributed by atoms with Crippen molar-refractivity contribution in [3.8, 4) is 0 Å². The molecule has 0 spiro atoms. The van der Waals surface area contributed by atoms with E-state index in [2.05, 4.69) is 56.4 Å². The van der Waals surface area contributed by atoms with Crippen LogP contribution in [0.2, 0.25) is 5.02 Å². The molecule has 0 aliphatic rings. The van der Waals surface area contributed by atoms with Crippen LogP contribution < -0.4 is 5.32 Å². The fourth-order valence-electron chi connectivity index (χ4n) is 2.24. The van der Waals surface area contributed by atoms with E-state index >= 15 is 0 Å². The van der Waals surface area contributed by atoms with Crippen molar-refractivity contribution < 1.29 is 0 Å². The lowest BCUT2D eigenvalue weighted by Crippen LogP contribution is -2.22. The van der Waals surface area contributed by atoms with E-state index in [-0.39, 0.29) is 6.04 Å². The fourth-order valence-corrected chi connectivity index (χ4v) is 2.54. The highest BCUT2D eigenvalue weighted by molar-refractivity contribution is 6.31. The molecule has 1 nitrogen and oxygen atoms in total. The van der Waals surface area contributed by atoms with Crippen LogP contribution in [0.25, 0.3) is 0 Å². The Morgan fingerprint density at radius 2 is 1.53 bits per heavy atom. The SMILES string of the molecule is Cc1ccc(C(C)N[C@H](C)c2ccccc2Cl)cc1. The zero-order chi connectivity index (χ0) is 13.8. The van der Waals surface area contributed by atoms with Crippen molar-refractivity contribution in [2.24, 2.45) is 0 Å². The first-order valence-electron chi connectivity index (χ1n) is 6.65. The number of nitrogens with one attached hydrogen (secondary N) is 1. The molecule has 0 fully saturated rings. The first-order chi connectivity index (χ1) is 9.08. The Morgan fingerprint density at radius 1 is 0.895 bits per heavy atom. The van der Waals surface area contributed by atoms with Crippen LogP contribution in [0.4, 0.5) is 0 Å². The fraction of sp³-hybridized carbons (Fsp3) is 0.294. The molecule has 2 aromatic carbocycles. The third-order valence-corrected chi connectivity index (χ3v) is 3.79. The molecule has 0 amide bonds. The summed E-state index contributed by atoms with van der Waals surface area (Å²) in [4.78, 5) is 0. The first-order valence-corrected chi connectivity index (χ1v) is 7.03. The monoisotopic (exact) mass is 273 g/mol. The molecule has 0 saturated carbocycles. The van der Waals surface area contributed by atoms with Crippen LogP contribution in [0.15, 0.2) is 48.5 Å². The number of hydrogen-bond acceptors (Lipinski definition) is 1. The quantitative estimate of drug-likeness (QED) is 0.821. The molecule has 0 aliphatic carbocycles. The Bertz CT molecular complexity index is 533. The number of hydrogen-bond donors (Lipinski definition) is 1. The molecule has 19 heavy (non-hydrogen) atoms. The molecule has 0 radical (unpaired) electrons. The van der Waals surface area contributed by atoms with Gasteiger partial charge in [-0.05, 0) is 38.0 Å². The summed E-state index contributed by atoms with van der Waals surface area (Å²) in [7, 11) is 0. The van der Waals surface area contributed by atoms with Crippen molar-refractivity contribution in [1.82, 2.24) is 5.32 Å². The Morgan fingerprint density at radius 3 is 2.16 bits per heavy atom. The minimum atomic E-state index is 0.227. The first kappa shape index (κ1) is 14.1. The van der Waals surface area contributed by atoms with Gasteiger partial charge in [-0.15, -0.1) is 0 Å². The van der Waals surface area contributed by atoms with E-state index in [1.54, 1.807) is 0 Å². The number of benzene rings is 2. The molecule has 2 atom stereocenters. The maximum atomic E-state index is 6.23. The van der Waals surface area contributed by atoms with E-state index in [1.165, 1.54) is 11.1 Å². The molecule has 0 aliphatic heterocycles. The maximum absolute atomic E-state index is 6.23. The Hall–Kier alpha value is -1.31. The van der Waals surface area contributed by atoms with Crippen LogP contribution in [0.1, 0.15) is 42.6 Å². The lowest BCUT2D eigenvalue weighted by atomic mass is 10.0. The van der Waals surface area contributed by atoms with Gasteiger partial charge in [0.2, 0.25) is 0 Å². The van der Waals surface area contributed by atoms with E-state index in [1.807, 2.05) is 18.2 Å². The highest BCUT2D eigenvalue weighted by Gasteiger charge is 2.13. The van der Waals surface area contributed by atoms with Crippen molar-refractivity contribution >= 4 is 11.6 Å². The Labute approximate surface area is 120 Å². The normalized spacial score (nSPS) is 14.1. The molecule has 2 rings (SSSR count). The summed E-state index contributed by atoms with van der Waals surface area (Å²) in [6.07, 6.45) is 0. The summed E-state index contributed by atoms with van der Waals surface area (Å²) in [6, 6.07) is 17.2. The lowest BCUT2D eigenvalue weighted by Gasteiger charge is -2.21. The third kappa shape index (κ3) is 3.59. The highest BCUT2D eigenvalue weighted by atomic mass is 35.5. The smallest absolute Gasteiger partial charge is 0.0453 e. The summed E-state index contributed by atoms with van der Waals surface area (Å²) in [5, 5.41) is 4.41. The van der Waals surface area contributed by atoms with Crippen molar-refractivity contribution in [2.75, 3.05) is 0 Å². The van der Waals surface area contributed by atoms with Gasteiger partial charge >= 0.3 is 0 Å².